The second kappa shape index (κ2) is 11.1. The maximum absolute atomic E-state index is 12.7. The van der Waals surface area contributed by atoms with E-state index in [9.17, 15) is 4.79 Å². The van der Waals surface area contributed by atoms with Crippen molar-refractivity contribution >= 4 is 28.9 Å². The fraction of sp³-hybridized carbons (Fsp3) is 0.500. The Kier molecular flexibility index (Phi) is 7.93. The van der Waals surface area contributed by atoms with Crippen LogP contribution in [-0.2, 0) is 4.79 Å². The van der Waals surface area contributed by atoms with E-state index < -0.39 is 0 Å². The summed E-state index contributed by atoms with van der Waals surface area (Å²) < 4.78 is 0. The topological polar surface area (TPSA) is 38.8 Å². The summed E-state index contributed by atoms with van der Waals surface area (Å²) >= 11 is 5.96. The molecule has 0 aliphatic carbocycles. The first-order valence-electron chi connectivity index (χ1n) is 11.9. The number of piperazine rings is 1. The molecule has 0 unspecified atom stereocenters. The molecule has 2 aromatic carbocycles. The first-order valence-corrected chi connectivity index (χ1v) is 12.3. The van der Waals surface area contributed by atoms with Gasteiger partial charge in [-0.05, 0) is 69.1 Å². The predicted molar refractivity (Wildman–Crippen MR) is 134 cm³/mol. The molecule has 0 saturated carbocycles. The van der Waals surface area contributed by atoms with Crippen LogP contribution in [0.2, 0.25) is 5.02 Å². The van der Waals surface area contributed by atoms with E-state index in [1.54, 1.807) is 0 Å². The molecule has 0 atom stereocenters. The van der Waals surface area contributed by atoms with Crippen LogP contribution in [0.3, 0.4) is 0 Å². The van der Waals surface area contributed by atoms with Gasteiger partial charge in [-0.3, -0.25) is 9.69 Å². The Balaban J connectivity index is 1.11. The number of hydrogen-bond donors (Lipinski definition) is 1. The number of nitrogens with one attached hydrogen (secondary N) is 1. The van der Waals surface area contributed by atoms with Crippen molar-refractivity contribution < 1.29 is 4.79 Å². The largest absolute Gasteiger partial charge is 0.382 e. The number of carbonyl (C=O) groups excluding carboxylic acids is 1. The molecular weight excluding hydrogens is 420 g/mol. The normalized spacial score (nSPS) is 18.1. The summed E-state index contributed by atoms with van der Waals surface area (Å²) in [5.41, 5.74) is 3.72. The quantitative estimate of drug-likeness (QED) is 0.660. The molecule has 0 bridgehead atoms. The van der Waals surface area contributed by atoms with E-state index in [1.807, 2.05) is 24.3 Å². The van der Waals surface area contributed by atoms with Crippen LogP contribution in [0.1, 0.15) is 31.2 Å². The van der Waals surface area contributed by atoms with Gasteiger partial charge in [0, 0.05) is 68.1 Å². The van der Waals surface area contributed by atoms with Crippen molar-refractivity contribution in [3.05, 3.63) is 59.1 Å². The Morgan fingerprint density at radius 3 is 2.25 bits per heavy atom. The number of amides is 1. The van der Waals surface area contributed by atoms with Crippen molar-refractivity contribution in [3.63, 3.8) is 0 Å². The molecule has 2 saturated heterocycles. The van der Waals surface area contributed by atoms with Gasteiger partial charge >= 0.3 is 0 Å². The van der Waals surface area contributed by atoms with Crippen LogP contribution >= 0.6 is 11.6 Å². The number of halogens is 1. The lowest BCUT2D eigenvalue weighted by Gasteiger charge is -2.36. The first kappa shape index (κ1) is 22.9. The average Bonchev–Trinajstić information content (AvgIpc) is 2.82. The fourth-order valence-electron chi connectivity index (χ4n) is 4.65. The van der Waals surface area contributed by atoms with E-state index in [2.05, 4.69) is 51.2 Å². The van der Waals surface area contributed by atoms with E-state index >= 15 is 0 Å². The van der Waals surface area contributed by atoms with Gasteiger partial charge < -0.3 is 15.1 Å². The standard InChI is InChI=1S/C26H35ClN4O/c1-21-4-10-25(11-5-21)30-19-17-29(18-20-30)14-2-3-26(32)31-15-12-24(13-16-31)28-23-8-6-22(27)7-9-23/h4-11,24,28H,2-3,12-20H2,1H3. The highest BCUT2D eigenvalue weighted by Crippen LogP contribution is 2.20. The van der Waals surface area contributed by atoms with Crippen LogP contribution in [0.5, 0.6) is 0 Å². The van der Waals surface area contributed by atoms with Crippen LogP contribution in [0.25, 0.3) is 0 Å². The maximum Gasteiger partial charge on any atom is 0.222 e. The average molecular weight is 455 g/mol. The highest BCUT2D eigenvalue weighted by Gasteiger charge is 2.23. The summed E-state index contributed by atoms with van der Waals surface area (Å²) in [5.74, 6) is 0.313. The van der Waals surface area contributed by atoms with Gasteiger partial charge in [-0.1, -0.05) is 29.3 Å². The third kappa shape index (κ3) is 6.39. The van der Waals surface area contributed by atoms with E-state index in [1.165, 1.54) is 11.3 Å². The van der Waals surface area contributed by atoms with Gasteiger partial charge in [0.1, 0.15) is 0 Å². The van der Waals surface area contributed by atoms with Gasteiger partial charge in [-0.25, -0.2) is 0 Å². The molecular formula is C26H35ClN4O. The van der Waals surface area contributed by atoms with E-state index in [0.29, 0.717) is 18.4 Å². The van der Waals surface area contributed by atoms with Crippen LogP contribution < -0.4 is 10.2 Å². The molecule has 2 aromatic rings. The number of aryl methyl sites for hydroxylation is 1. The highest BCUT2D eigenvalue weighted by atomic mass is 35.5. The predicted octanol–water partition coefficient (Wildman–Crippen LogP) is 4.65. The lowest BCUT2D eigenvalue weighted by molar-refractivity contribution is -0.132. The Morgan fingerprint density at radius 2 is 1.59 bits per heavy atom. The van der Waals surface area contributed by atoms with E-state index in [4.69, 9.17) is 11.6 Å². The molecule has 0 radical (unpaired) electrons. The molecule has 1 amide bonds. The molecule has 2 aliphatic rings. The van der Waals surface area contributed by atoms with Gasteiger partial charge in [0.15, 0.2) is 0 Å². The number of carbonyl (C=O) groups is 1. The molecule has 32 heavy (non-hydrogen) atoms. The first-order chi connectivity index (χ1) is 15.6. The number of benzene rings is 2. The van der Waals surface area contributed by atoms with Gasteiger partial charge in [0.2, 0.25) is 5.91 Å². The smallest absolute Gasteiger partial charge is 0.222 e. The van der Waals surface area contributed by atoms with Crippen molar-refractivity contribution in [2.45, 2.75) is 38.6 Å². The third-order valence-corrected chi connectivity index (χ3v) is 6.95. The minimum Gasteiger partial charge on any atom is -0.382 e. The monoisotopic (exact) mass is 454 g/mol. The maximum atomic E-state index is 12.7. The van der Waals surface area contributed by atoms with E-state index in [-0.39, 0.29) is 0 Å². The van der Waals surface area contributed by atoms with Crippen LogP contribution in [-0.4, -0.2) is 67.6 Å². The molecule has 5 nitrogen and oxygen atoms in total. The Bertz CT molecular complexity index is 854. The van der Waals surface area contributed by atoms with Crippen molar-refractivity contribution in [3.8, 4) is 0 Å². The molecule has 2 fully saturated rings. The van der Waals surface area contributed by atoms with Gasteiger partial charge in [0.05, 0.1) is 0 Å². The molecule has 2 heterocycles. The minimum absolute atomic E-state index is 0.313. The number of rotatable bonds is 7. The zero-order chi connectivity index (χ0) is 22.3. The number of likely N-dealkylation sites (tertiary alicyclic amines) is 1. The second-order valence-electron chi connectivity index (χ2n) is 9.07. The van der Waals surface area contributed by atoms with Crippen molar-refractivity contribution in [1.29, 1.82) is 0 Å². The summed E-state index contributed by atoms with van der Waals surface area (Å²) in [5, 5.41) is 4.32. The summed E-state index contributed by atoms with van der Waals surface area (Å²) in [6, 6.07) is 17.1. The van der Waals surface area contributed by atoms with Crippen LogP contribution in [0, 0.1) is 6.92 Å². The second-order valence-corrected chi connectivity index (χ2v) is 9.51. The Labute approximate surface area is 197 Å². The molecule has 6 heteroatoms. The summed E-state index contributed by atoms with van der Waals surface area (Å²) in [6.07, 6.45) is 3.60. The lowest BCUT2D eigenvalue weighted by atomic mass is 10.0. The van der Waals surface area contributed by atoms with Crippen LogP contribution in [0.15, 0.2) is 48.5 Å². The highest BCUT2D eigenvalue weighted by molar-refractivity contribution is 6.30. The number of hydrogen-bond acceptors (Lipinski definition) is 4. The summed E-state index contributed by atoms with van der Waals surface area (Å²) in [7, 11) is 0. The zero-order valence-electron chi connectivity index (χ0n) is 19.1. The SMILES string of the molecule is Cc1ccc(N2CCN(CCCC(=O)N3CCC(Nc4ccc(Cl)cc4)CC3)CC2)cc1. The van der Waals surface area contributed by atoms with Gasteiger partial charge in [0.25, 0.3) is 0 Å². The number of nitrogens with zero attached hydrogens (tertiary/aromatic N) is 3. The number of piperidine rings is 1. The number of anilines is 2. The summed E-state index contributed by atoms with van der Waals surface area (Å²) in [4.78, 5) is 19.7. The molecule has 2 aliphatic heterocycles. The summed E-state index contributed by atoms with van der Waals surface area (Å²) in [6.45, 7) is 9.11. The van der Waals surface area contributed by atoms with Crippen molar-refractivity contribution in [1.82, 2.24) is 9.80 Å². The fourth-order valence-corrected chi connectivity index (χ4v) is 4.78. The minimum atomic E-state index is 0.313. The van der Waals surface area contributed by atoms with Crippen LogP contribution in [0.4, 0.5) is 11.4 Å². The molecule has 1 N–H and O–H groups in total. The third-order valence-electron chi connectivity index (χ3n) is 6.70. The van der Waals surface area contributed by atoms with Crippen molar-refractivity contribution in [2.75, 3.05) is 56.0 Å². The van der Waals surface area contributed by atoms with Crippen molar-refractivity contribution in [2.24, 2.45) is 0 Å². The van der Waals surface area contributed by atoms with E-state index in [0.717, 1.165) is 75.8 Å². The Morgan fingerprint density at radius 1 is 0.938 bits per heavy atom. The van der Waals surface area contributed by atoms with Gasteiger partial charge in [-0.2, -0.15) is 0 Å². The van der Waals surface area contributed by atoms with Gasteiger partial charge in [-0.15, -0.1) is 0 Å². The lowest BCUT2D eigenvalue weighted by Crippen LogP contribution is -2.47. The molecule has 4 rings (SSSR count). The Hall–Kier alpha value is -2.24. The molecule has 0 aromatic heterocycles. The molecule has 0 spiro atoms. The zero-order valence-corrected chi connectivity index (χ0v) is 19.9. The molecule has 172 valence electrons.